The van der Waals surface area contributed by atoms with Gasteiger partial charge in [0.2, 0.25) is 22.8 Å². The zero-order chi connectivity index (χ0) is 48.0. The number of fused-ring (bicyclic) bond motifs is 2. The summed E-state index contributed by atoms with van der Waals surface area (Å²) >= 11 is 0. The number of piperazine rings is 2. The SMILES string of the molecule is CCn1cc(C(=O)O)c(=O)c2cc(F)c(N3CCN(/C(N)=N/C(N)=NCCCCCCN=C(N)/N=C(\N)N4CCN(c5nc6c(cc5F)c(=O)c(C(=O)O)cn6CC)CC4C)C(C)C3)nc21. The molecule has 0 bridgehead atoms. The Morgan fingerprint density at radius 3 is 1.38 bits per heavy atom. The van der Waals surface area contributed by atoms with Gasteiger partial charge < -0.3 is 61.9 Å². The molecule has 0 spiro atoms. The van der Waals surface area contributed by atoms with Crippen LogP contribution in [0.5, 0.6) is 0 Å². The first-order chi connectivity index (χ1) is 31.4. The first-order valence-corrected chi connectivity index (χ1v) is 21.7. The summed E-state index contributed by atoms with van der Waals surface area (Å²) in [6.07, 6.45) is 5.63. The Kier molecular flexibility index (Phi) is 15.0. The van der Waals surface area contributed by atoms with Crippen LogP contribution in [0.1, 0.15) is 74.1 Å². The third kappa shape index (κ3) is 10.4. The van der Waals surface area contributed by atoms with Crippen LogP contribution in [0.15, 0.2) is 54.1 Å². The quantitative estimate of drug-likeness (QED) is 0.0627. The number of aliphatic imine (C=N–C) groups is 4. The number of carboxylic acids is 2. The molecular formula is C42H56F2N16O6. The maximum atomic E-state index is 15.4. The highest BCUT2D eigenvalue weighted by Gasteiger charge is 2.31. The fraction of sp³-hybridized carbons (Fsp3) is 0.476. The minimum Gasteiger partial charge on any atom is -0.477 e. The number of guanidine groups is 4. The minimum atomic E-state index is -1.39. The summed E-state index contributed by atoms with van der Waals surface area (Å²) in [6, 6.07) is 1.66. The lowest BCUT2D eigenvalue weighted by Gasteiger charge is -2.41. The summed E-state index contributed by atoms with van der Waals surface area (Å²) in [5.74, 6) is -3.75. The van der Waals surface area contributed by atoms with E-state index in [9.17, 15) is 29.4 Å². The van der Waals surface area contributed by atoms with Crippen molar-refractivity contribution in [1.82, 2.24) is 28.9 Å². The summed E-state index contributed by atoms with van der Waals surface area (Å²) in [6.45, 7) is 11.0. The van der Waals surface area contributed by atoms with Crippen molar-refractivity contribution in [3.05, 3.63) is 67.7 Å². The van der Waals surface area contributed by atoms with E-state index in [0.29, 0.717) is 65.4 Å². The molecule has 22 nitrogen and oxygen atoms in total. The van der Waals surface area contributed by atoms with Gasteiger partial charge in [0, 0.05) is 89.9 Å². The Hall–Kier alpha value is -7.40. The average molecular weight is 919 g/mol. The number of nitrogens with two attached hydrogens (primary N) is 4. The largest absolute Gasteiger partial charge is 0.477 e. The van der Waals surface area contributed by atoms with Gasteiger partial charge in [-0.3, -0.25) is 19.6 Å². The van der Waals surface area contributed by atoms with E-state index in [4.69, 9.17) is 22.9 Å². The van der Waals surface area contributed by atoms with Crippen molar-refractivity contribution in [3.63, 3.8) is 0 Å². The van der Waals surface area contributed by atoms with Crippen LogP contribution in [0, 0.1) is 11.6 Å². The first kappa shape index (κ1) is 48.1. The molecule has 2 aliphatic heterocycles. The second-order valence-electron chi connectivity index (χ2n) is 16.1. The number of pyridine rings is 4. The topological polar surface area (TPSA) is 311 Å². The summed E-state index contributed by atoms with van der Waals surface area (Å²) < 4.78 is 33.8. The average Bonchev–Trinajstić information content (AvgIpc) is 3.27. The Bertz CT molecular complexity index is 2570. The molecule has 2 unspecified atom stereocenters. The molecule has 2 fully saturated rings. The van der Waals surface area contributed by atoms with Crippen molar-refractivity contribution < 1.29 is 28.6 Å². The Morgan fingerprint density at radius 2 is 1.05 bits per heavy atom. The van der Waals surface area contributed by atoms with Gasteiger partial charge in [0.25, 0.3) is 0 Å². The monoisotopic (exact) mass is 918 g/mol. The molecule has 6 heterocycles. The zero-order valence-electron chi connectivity index (χ0n) is 37.3. The number of aromatic carboxylic acids is 2. The van der Waals surface area contributed by atoms with Crippen molar-refractivity contribution in [2.75, 3.05) is 62.2 Å². The summed E-state index contributed by atoms with van der Waals surface area (Å²) in [4.78, 5) is 82.0. The van der Waals surface area contributed by atoms with Crippen molar-refractivity contribution in [1.29, 1.82) is 0 Å². The lowest BCUT2D eigenvalue weighted by atomic mass is 10.1. The highest BCUT2D eigenvalue weighted by molar-refractivity contribution is 5.95. The number of rotatable bonds is 13. The summed E-state index contributed by atoms with van der Waals surface area (Å²) in [7, 11) is 0. The highest BCUT2D eigenvalue weighted by Crippen LogP contribution is 2.26. The maximum absolute atomic E-state index is 15.4. The number of unbranched alkanes of at least 4 members (excludes halogenated alkanes) is 3. The second kappa shape index (κ2) is 20.6. The predicted octanol–water partition coefficient (Wildman–Crippen LogP) is 1.36. The van der Waals surface area contributed by atoms with Crippen LogP contribution in [-0.4, -0.2) is 139 Å². The smallest absolute Gasteiger partial charge is 0.341 e. The van der Waals surface area contributed by atoms with Crippen LogP contribution in [0.4, 0.5) is 20.4 Å². The molecule has 2 saturated heterocycles. The van der Waals surface area contributed by atoms with E-state index in [0.717, 1.165) is 37.8 Å². The number of aryl methyl sites for hydroxylation is 2. The van der Waals surface area contributed by atoms with Crippen molar-refractivity contribution in [2.24, 2.45) is 42.9 Å². The maximum Gasteiger partial charge on any atom is 0.341 e. The van der Waals surface area contributed by atoms with E-state index in [1.54, 1.807) is 23.6 Å². The number of hydrogen-bond acceptors (Lipinski definition) is 10. The van der Waals surface area contributed by atoms with Crippen LogP contribution in [-0.2, 0) is 13.1 Å². The van der Waals surface area contributed by atoms with Crippen LogP contribution in [0.3, 0.4) is 0 Å². The van der Waals surface area contributed by atoms with E-state index in [-0.39, 0.29) is 69.6 Å². The molecule has 4 aromatic heterocycles. The highest BCUT2D eigenvalue weighted by atomic mass is 19.1. The van der Waals surface area contributed by atoms with Gasteiger partial charge in [-0.2, -0.15) is 9.98 Å². The molecular weight excluding hydrogens is 863 g/mol. The number of hydrogen-bond donors (Lipinski definition) is 6. The Labute approximate surface area is 377 Å². The molecule has 0 aromatic carbocycles. The fourth-order valence-corrected chi connectivity index (χ4v) is 8.16. The third-order valence-electron chi connectivity index (χ3n) is 11.6. The van der Waals surface area contributed by atoms with E-state index >= 15 is 8.78 Å². The number of nitrogens with zero attached hydrogens (tertiary/aromatic N) is 12. The summed E-state index contributed by atoms with van der Waals surface area (Å²) in [5.41, 5.74) is 22.7. The minimum absolute atomic E-state index is 0.0323. The van der Waals surface area contributed by atoms with Gasteiger partial charge in [-0.15, -0.1) is 0 Å². The molecule has 354 valence electrons. The van der Waals surface area contributed by atoms with Crippen molar-refractivity contribution in [2.45, 2.75) is 78.6 Å². The lowest BCUT2D eigenvalue weighted by molar-refractivity contribution is 0.0684. The van der Waals surface area contributed by atoms with Gasteiger partial charge in [0.1, 0.15) is 22.4 Å². The number of carbonyl (C=O) groups is 2. The molecule has 2 aliphatic rings. The number of halogens is 2. The van der Waals surface area contributed by atoms with E-state index in [1.165, 1.54) is 21.5 Å². The molecule has 24 heteroatoms. The molecule has 2 atom stereocenters. The van der Waals surface area contributed by atoms with Crippen molar-refractivity contribution >= 4 is 69.5 Å². The second-order valence-corrected chi connectivity index (χ2v) is 16.1. The van der Waals surface area contributed by atoms with Gasteiger partial charge in [0.15, 0.2) is 35.2 Å². The van der Waals surface area contributed by atoms with Crippen LogP contribution >= 0.6 is 0 Å². The molecule has 6 rings (SSSR count). The van der Waals surface area contributed by atoms with Crippen LogP contribution in [0.2, 0.25) is 0 Å². The molecule has 66 heavy (non-hydrogen) atoms. The van der Waals surface area contributed by atoms with Gasteiger partial charge >= 0.3 is 11.9 Å². The first-order valence-electron chi connectivity index (χ1n) is 21.7. The normalized spacial score (nSPS) is 17.9. The molecule has 0 aliphatic carbocycles. The van der Waals surface area contributed by atoms with Crippen LogP contribution in [0.25, 0.3) is 22.1 Å². The predicted molar refractivity (Wildman–Crippen MR) is 249 cm³/mol. The standard InChI is InChI=1S/C42H56F2N16O6/c1-5-55-21-27(37(63)64)31(61)25-17-29(43)35(51-33(25)55)57-13-15-59(23(3)19-57)41(47)53-39(45)49-11-9-7-8-10-12-50-40(46)54-42(48)60-16-14-58(20-24(60)4)36-30(44)18-26-32(62)28(38(65)66)22-56(6-2)34(26)52-36/h17-18,21-24H,5-16,19-20H2,1-4H3,(H,63,64)(H,65,66)(H4,45,47,49,53)(H4,46,48,50,54). The van der Waals surface area contributed by atoms with Crippen LogP contribution < -0.4 is 43.6 Å². The molecule has 0 saturated carbocycles. The molecule has 4 aromatic rings. The number of carboxylic acid groups (broad SMARTS) is 2. The lowest BCUT2D eigenvalue weighted by Crippen LogP contribution is -2.56. The van der Waals surface area contributed by atoms with E-state index < -0.39 is 45.6 Å². The number of anilines is 2. The Morgan fingerprint density at radius 1 is 0.667 bits per heavy atom. The molecule has 10 N–H and O–H groups in total. The third-order valence-corrected chi connectivity index (χ3v) is 11.6. The van der Waals surface area contributed by atoms with Gasteiger partial charge in [-0.25, -0.2) is 28.3 Å². The van der Waals surface area contributed by atoms with E-state index in [2.05, 4.69) is 29.9 Å². The van der Waals surface area contributed by atoms with E-state index in [1.807, 2.05) is 23.6 Å². The number of aromatic nitrogens is 4. The van der Waals surface area contributed by atoms with Gasteiger partial charge in [-0.1, -0.05) is 12.8 Å². The summed E-state index contributed by atoms with van der Waals surface area (Å²) in [5, 5.41) is 18.7. The van der Waals surface area contributed by atoms with Gasteiger partial charge in [-0.05, 0) is 52.7 Å². The van der Waals surface area contributed by atoms with Crippen molar-refractivity contribution in [3.8, 4) is 0 Å². The molecule has 0 radical (unpaired) electrons. The van der Waals surface area contributed by atoms with Gasteiger partial charge in [0.05, 0.1) is 10.8 Å². The zero-order valence-corrected chi connectivity index (χ0v) is 37.3. The fourth-order valence-electron chi connectivity index (χ4n) is 8.16. The Balaban J connectivity index is 0.933. The molecule has 0 amide bonds.